The minimum absolute atomic E-state index is 0. The molecule has 1 N–H and O–H groups in total. The number of rotatable bonds is 4. The van der Waals surface area contributed by atoms with Crippen molar-refractivity contribution in [3.8, 4) is 0 Å². The van der Waals surface area contributed by atoms with Crippen LogP contribution in [-0.2, 0) is 4.79 Å². The Labute approximate surface area is 129 Å². The second-order valence-corrected chi connectivity index (χ2v) is 5.70. The maximum absolute atomic E-state index is 11.9. The zero-order chi connectivity index (χ0) is 12.8. The smallest absolute Gasteiger partial charge is 0.223 e. The van der Waals surface area contributed by atoms with Gasteiger partial charge in [-0.2, -0.15) is 0 Å². The van der Waals surface area contributed by atoms with Crippen LogP contribution in [0.4, 0.5) is 0 Å². The third-order valence-corrected chi connectivity index (χ3v) is 4.40. The number of thioether (sulfide) groups is 1. The van der Waals surface area contributed by atoms with E-state index in [2.05, 4.69) is 5.32 Å². The van der Waals surface area contributed by atoms with E-state index < -0.39 is 0 Å². The molecule has 0 aliphatic carbocycles. The summed E-state index contributed by atoms with van der Waals surface area (Å²) in [5.41, 5.74) is 0. The lowest BCUT2D eigenvalue weighted by molar-refractivity contribution is -0.131. The minimum Gasteiger partial charge on any atom is -0.340 e. The Kier molecular flexibility index (Phi) is 7.61. The Hall–Kier alpha value is -0.420. The molecule has 0 atom stereocenters. The van der Waals surface area contributed by atoms with Crippen molar-refractivity contribution in [3.63, 3.8) is 0 Å². The second-order valence-electron chi connectivity index (χ2n) is 4.16. The molecule has 19 heavy (non-hydrogen) atoms. The Morgan fingerprint density at radius 3 is 2.68 bits per heavy atom. The van der Waals surface area contributed by atoms with Crippen molar-refractivity contribution in [2.24, 2.45) is 0 Å². The Bertz CT molecular complexity index is 411. The summed E-state index contributed by atoms with van der Waals surface area (Å²) in [6, 6.07) is 7.74. The fourth-order valence-electron chi connectivity index (χ4n) is 1.88. The Balaban J connectivity index is 0.00000180. The molecule has 1 aromatic carbocycles. The quantitative estimate of drug-likeness (QED) is 0.866. The van der Waals surface area contributed by atoms with Crippen molar-refractivity contribution in [2.75, 3.05) is 31.9 Å². The van der Waals surface area contributed by atoms with Crippen molar-refractivity contribution < 1.29 is 4.79 Å². The first-order valence-electron chi connectivity index (χ1n) is 6.13. The number of halogens is 2. The fraction of sp³-hybridized carbons (Fsp3) is 0.462. The number of hydrogen-bond donors (Lipinski definition) is 1. The topological polar surface area (TPSA) is 32.3 Å². The monoisotopic (exact) mass is 320 g/mol. The molecule has 1 aromatic rings. The van der Waals surface area contributed by atoms with Gasteiger partial charge in [-0.05, 0) is 12.1 Å². The molecule has 106 valence electrons. The number of carbonyl (C=O) groups excluding carboxylic acids is 1. The van der Waals surface area contributed by atoms with Gasteiger partial charge >= 0.3 is 0 Å². The van der Waals surface area contributed by atoms with E-state index in [1.165, 1.54) is 0 Å². The molecule has 1 aliphatic rings. The molecule has 1 saturated heterocycles. The van der Waals surface area contributed by atoms with Gasteiger partial charge in [0, 0.05) is 43.2 Å². The minimum atomic E-state index is 0. The average Bonchev–Trinajstić information content (AvgIpc) is 2.42. The standard InChI is InChI=1S/C13H17ClN2OS.ClH/c14-11-3-1-2-4-12(11)18-10-5-13(17)16-8-6-15-7-9-16;/h1-4,15H,5-10H2;1H. The van der Waals surface area contributed by atoms with E-state index in [0.717, 1.165) is 41.8 Å². The Morgan fingerprint density at radius 1 is 1.32 bits per heavy atom. The highest BCUT2D eigenvalue weighted by molar-refractivity contribution is 7.99. The maximum atomic E-state index is 11.9. The van der Waals surface area contributed by atoms with Crippen LogP contribution in [0.5, 0.6) is 0 Å². The molecule has 1 fully saturated rings. The van der Waals surface area contributed by atoms with Crippen LogP contribution < -0.4 is 5.32 Å². The van der Waals surface area contributed by atoms with Crippen LogP contribution in [-0.4, -0.2) is 42.7 Å². The van der Waals surface area contributed by atoms with Gasteiger partial charge in [-0.15, -0.1) is 24.2 Å². The van der Waals surface area contributed by atoms with Gasteiger partial charge in [0.25, 0.3) is 0 Å². The molecule has 6 heteroatoms. The summed E-state index contributed by atoms with van der Waals surface area (Å²) >= 11 is 7.71. The van der Waals surface area contributed by atoms with Gasteiger partial charge in [-0.3, -0.25) is 4.79 Å². The van der Waals surface area contributed by atoms with E-state index >= 15 is 0 Å². The van der Waals surface area contributed by atoms with Gasteiger partial charge in [0.1, 0.15) is 0 Å². The predicted molar refractivity (Wildman–Crippen MR) is 83.5 cm³/mol. The summed E-state index contributed by atoms with van der Waals surface area (Å²) < 4.78 is 0. The van der Waals surface area contributed by atoms with Crippen molar-refractivity contribution in [3.05, 3.63) is 29.3 Å². The molecule has 1 amide bonds. The summed E-state index contributed by atoms with van der Waals surface area (Å²) in [6.45, 7) is 3.47. The molecule has 3 nitrogen and oxygen atoms in total. The molecule has 0 saturated carbocycles. The molecular formula is C13H18Cl2N2OS. The van der Waals surface area contributed by atoms with Crippen LogP contribution in [0.15, 0.2) is 29.2 Å². The van der Waals surface area contributed by atoms with Crippen LogP contribution in [0.2, 0.25) is 5.02 Å². The van der Waals surface area contributed by atoms with Gasteiger partial charge in [-0.1, -0.05) is 23.7 Å². The van der Waals surface area contributed by atoms with Crippen molar-refractivity contribution >= 4 is 41.7 Å². The molecule has 0 bridgehead atoms. The van der Waals surface area contributed by atoms with E-state index in [1.54, 1.807) is 11.8 Å². The maximum Gasteiger partial charge on any atom is 0.223 e. The highest BCUT2D eigenvalue weighted by atomic mass is 35.5. The first-order valence-corrected chi connectivity index (χ1v) is 7.49. The summed E-state index contributed by atoms with van der Waals surface area (Å²) in [6.07, 6.45) is 0.579. The van der Waals surface area contributed by atoms with Crippen molar-refractivity contribution in [1.29, 1.82) is 0 Å². The van der Waals surface area contributed by atoms with Gasteiger partial charge in [0.05, 0.1) is 5.02 Å². The van der Waals surface area contributed by atoms with Crippen LogP contribution in [0.25, 0.3) is 0 Å². The molecule has 2 rings (SSSR count). The normalized spacial score (nSPS) is 14.9. The third-order valence-electron chi connectivity index (χ3n) is 2.88. The number of nitrogens with one attached hydrogen (secondary N) is 1. The molecule has 1 aliphatic heterocycles. The first-order chi connectivity index (χ1) is 8.77. The van der Waals surface area contributed by atoms with Gasteiger partial charge in [-0.25, -0.2) is 0 Å². The molecule has 0 radical (unpaired) electrons. The van der Waals surface area contributed by atoms with E-state index in [0.29, 0.717) is 6.42 Å². The van der Waals surface area contributed by atoms with Crippen LogP contribution in [0.1, 0.15) is 6.42 Å². The fourth-order valence-corrected chi connectivity index (χ4v) is 3.06. The second kappa shape index (κ2) is 8.69. The van der Waals surface area contributed by atoms with E-state index in [-0.39, 0.29) is 18.3 Å². The van der Waals surface area contributed by atoms with Crippen LogP contribution in [0, 0.1) is 0 Å². The highest BCUT2D eigenvalue weighted by Crippen LogP contribution is 2.27. The average molecular weight is 321 g/mol. The van der Waals surface area contributed by atoms with Gasteiger partial charge < -0.3 is 10.2 Å². The summed E-state index contributed by atoms with van der Waals surface area (Å²) in [5, 5.41) is 4.00. The van der Waals surface area contributed by atoms with E-state index in [1.807, 2.05) is 29.2 Å². The van der Waals surface area contributed by atoms with E-state index in [9.17, 15) is 4.79 Å². The zero-order valence-corrected chi connectivity index (χ0v) is 13.0. The zero-order valence-electron chi connectivity index (χ0n) is 10.6. The first kappa shape index (κ1) is 16.6. The number of nitrogens with zero attached hydrogens (tertiary/aromatic N) is 1. The lowest BCUT2D eigenvalue weighted by atomic mass is 10.3. The predicted octanol–water partition coefficient (Wildman–Crippen LogP) is 2.68. The van der Waals surface area contributed by atoms with Gasteiger partial charge in [0.15, 0.2) is 0 Å². The molecule has 0 unspecified atom stereocenters. The SMILES string of the molecule is Cl.O=C(CCSc1ccccc1Cl)N1CCNCC1. The number of piperazine rings is 1. The molecule has 0 aromatic heterocycles. The van der Waals surface area contributed by atoms with E-state index in [4.69, 9.17) is 11.6 Å². The summed E-state index contributed by atoms with van der Waals surface area (Å²) in [5.74, 6) is 1.03. The third kappa shape index (κ3) is 5.22. The van der Waals surface area contributed by atoms with Crippen molar-refractivity contribution in [2.45, 2.75) is 11.3 Å². The highest BCUT2D eigenvalue weighted by Gasteiger charge is 2.15. The largest absolute Gasteiger partial charge is 0.340 e. The number of amides is 1. The lowest BCUT2D eigenvalue weighted by Crippen LogP contribution is -2.46. The number of benzene rings is 1. The Morgan fingerprint density at radius 2 is 2.00 bits per heavy atom. The van der Waals surface area contributed by atoms with Crippen LogP contribution >= 0.6 is 35.8 Å². The number of carbonyl (C=O) groups is 1. The molecule has 0 spiro atoms. The number of hydrogen-bond acceptors (Lipinski definition) is 3. The van der Waals surface area contributed by atoms with Gasteiger partial charge in [0.2, 0.25) is 5.91 Å². The summed E-state index contributed by atoms with van der Waals surface area (Å²) in [4.78, 5) is 14.9. The lowest BCUT2D eigenvalue weighted by Gasteiger charge is -2.27. The molecular weight excluding hydrogens is 303 g/mol. The molecule has 1 heterocycles. The van der Waals surface area contributed by atoms with Crippen molar-refractivity contribution in [1.82, 2.24) is 10.2 Å². The summed E-state index contributed by atoms with van der Waals surface area (Å²) in [7, 11) is 0. The van der Waals surface area contributed by atoms with Crippen LogP contribution in [0.3, 0.4) is 0 Å².